The average molecular weight is 174 g/mol. The van der Waals surface area contributed by atoms with E-state index in [1.165, 1.54) is 0 Å². The summed E-state index contributed by atoms with van der Waals surface area (Å²) in [7, 11) is 2.05. The van der Waals surface area contributed by atoms with Gasteiger partial charge in [-0.25, -0.2) is 0 Å². The molecule has 0 spiro atoms. The fraction of sp³-hybridized carbons (Fsp3) is 1.00. The number of rotatable bonds is 4. The van der Waals surface area contributed by atoms with Gasteiger partial charge in [0.05, 0.1) is 25.9 Å². The second-order valence-electron chi connectivity index (χ2n) is 3.12. The Bertz CT molecular complexity index is 116. The van der Waals surface area contributed by atoms with Crippen molar-refractivity contribution >= 4 is 0 Å². The number of likely N-dealkylation sites (N-methyl/N-ethyl adjacent to an activating group) is 1. The molecule has 4 nitrogen and oxygen atoms in total. The molecule has 0 saturated carbocycles. The Labute approximate surface area is 73.6 Å². The van der Waals surface area contributed by atoms with Gasteiger partial charge in [0.2, 0.25) is 0 Å². The molecule has 72 valence electrons. The van der Waals surface area contributed by atoms with Gasteiger partial charge < -0.3 is 20.1 Å². The fourth-order valence-corrected chi connectivity index (χ4v) is 1.30. The zero-order valence-corrected chi connectivity index (χ0v) is 7.66. The van der Waals surface area contributed by atoms with Gasteiger partial charge in [-0.3, -0.25) is 0 Å². The molecule has 1 aliphatic heterocycles. The lowest BCUT2D eigenvalue weighted by Gasteiger charge is -2.27. The summed E-state index contributed by atoms with van der Waals surface area (Å²) in [4.78, 5) is 2.17. The first kappa shape index (κ1) is 9.92. The normalized spacial score (nSPS) is 24.8. The van der Waals surface area contributed by atoms with Gasteiger partial charge in [0.25, 0.3) is 0 Å². The summed E-state index contributed by atoms with van der Waals surface area (Å²) in [5.74, 6) is 0. The van der Waals surface area contributed by atoms with Crippen molar-refractivity contribution in [2.45, 2.75) is 6.10 Å². The summed E-state index contributed by atoms with van der Waals surface area (Å²) in [6, 6.07) is 0. The molecule has 1 atom stereocenters. The van der Waals surface area contributed by atoms with Crippen LogP contribution in [0.15, 0.2) is 0 Å². The van der Waals surface area contributed by atoms with Crippen LogP contribution in [0.2, 0.25) is 0 Å². The van der Waals surface area contributed by atoms with Crippen LogP contribution in [0.3, 0.4) is 0 Å². The van der Waals surface area contributed by atoms with Crippen molar-refractivity contribution in [3.05, 3.63) is 0 Å². The molecule has 1 aliphatic rings. The average Bonchev–Trinajstić information content (AvgIpc) is 2.06. The van der Waals surface area contributed by atoms with E-state index in [0.717, 1.165) is 32.9 Å². The van der Waals surface area contributed by atoms with Crippen LogP contribution >= 0.6 is 0 Å². The van der Waals surface area contributed by atoms with Gasteiger partial charge >= 0.3 is 0 Å². The molecule has 0 aromatic heterocycles. The van der Waals surface area contributed by atoms with Gasteiger partial charge in [-0.05, 0) is 7.05 Å². The Kier molecular flexibility index (Phi) is 4.53. The Balaban J connectivity index is 2.11. The molecule has 0 bridgehead atoms. The molecule has 12 heavy (non-hydrogen) atoms. The molecule has 0 radical (unpaired) electrons. The van der Waals surface area contributed by atoms with Gasteiger partial charge in [0, 0.05) is 19.6 Å². The molecule has 1 rings (SSSR count). The van der Waals surface area contributed by atoms with E-state index < -0.39 is 0 Å². The molecule has 1 saturated heterocycles. The van der Waals surface area contributed by atoms with Crippen LogP contribution in [0.4, 0.5) is 0 Å². The molecular weight excluding hydrogens is 156 g/mol. The second-order valence-corrected chi connectivity index (χ2v) is 3.12. The molecule has 1 heterocycles. The highest BCUT2D eigenvalue weighted by molar-refractivity contribution is 4.65. The van der Waals surface area contributed by atoms with Gasteiger partial charge in [-0.2, -0.15) is 0 Å². The monoisotopic (exact) mass is 174 g/mol. The quantitative estimate of drug-likeness (QED) is 0.612. The van der Waals surface area contributed by atoms with Crippen LogP contribution in [-0.2, 0) is 9.47 Å². The molecule has 0 aliphatic carbocycles. The van der Waals surface area contributed by atoms with Crippen LogP contribution < -0.4 is 5.73 Å². The summed E-state index contributed by atoms with van der Waals surface area (Å²) in [6.45, 7) is 4.70. The SMILES string of the molecule is CN(CCN)CC1COCCO1. The molecular formula is C8H18N2O2. The summed E-state index contributed by atoms with van der Waals surface area (Å²) < 4.78 is 10.8. The van der Waals surface area contributed by atoms with E-state index in [2.05, 4.69) is 4.90 Å². The predicted molar refractivity (Wildman–Crippen MR) is 47.1 cm³/mol. The van der Waals surface area contributed by atoms with E-state index in [9.17, 15) is 0 Å². The zero-order chi connectivity index (χ0) is 8.81. The Morgan fingerprint density at radius 2 is 2.33 bits per heavy atom. The van der Waals surface area contributed by atoms with Gasteiger partial charge in [-0.15, -0.1) is 0 Å². The Morgan fingerprint density at radius 3 is 2.92 bits per heavy atom. The van der Waals surface area contributed by atoms with E-state index in [4.69, 9.17) is 15.2 Å². The van der Waals surface area contributed by atoms with Crippen LogP contribution in [0.25, 0.3) is 0 Å². The van der Waals surface area contributed by atoms with Gasteiger partial charge in [-0.1, -0.05) is 0 Å². The first-order chi connectivity index (χ1) is 5.83. The van der Waals surface area contributed by atoms with Crippen LogP contribution in [-0.4, -0.2) is 57.5 Å². The maximum absolute atomic E-state index is 5.49. The maximum Gasteiger partial charge on any atom is 0.0936 e. The summed E-state index contributed by atoms with van der Waals surface area (Å²) in [5.41, 5.74) is 5.42. The topological polar surface area (TPSA) is 47.7 Å². The zero-order valence-electron chi connectivity index (χ0n) is 7.66. The van der Waals surface area contributed by atoms with E-state index in [0.29, 0.717) is 6.54 Å². The van der Waals surface area contributed by atoms with Crippen LogP contribution in [0, 0.1) is 0 Å². The third-order valence-corrected chi connectivity index (χ3v) is 1.91. The molecule has 1 unspecified atom stereocenters. The first-order valence-electron chi connectivity index (χ1n) is 4.41. The molecule has 0 amide bonds. The van der Waals surface area contributed by atoms with Crippen LogP contribution in [0.5, 0.6) is 0 Å². The molecule has 4 heteroatoms. The van der Waals surface area contributed by atoms with E-state index in [-0.39, 0.29) is 6.10 Å². The highest BCUT2D eigenvalue weighted by Crippen LogP contribution is 2.01. The highest BCUT2D eigenvalue weighted by Gasteiger charge is 2.15. The Hall–Kier alpha value is -0.160. The Morgan fingerprint density at radius 1 is 1.50 bits per heavy atom. The third-order valence-electron chi connectivity index (χ3n) is 1.91. The van der Waals surface area contributed by atoms with E-state index in [1.807, 2.05) is 7.05 Å². The maximum atomic E-state index is 5.49. The van der Waals surface area contributed by atoms with Crippen molar-refractivity contribution in [1.29, 1.82) is 0 Å². The predicted octanol–water partition coefficient (Wildman–Crippen LogP) is -0.708. The van der Waals surface area contributed by atoms with Gasteiger partial charge in [0.15, 0.2) is 0 Å². The first-order valence-corrected chi connectivity index (χ1v) is 4.41. The molecule has 0 aromatic rings. The smallest absolute Gasteiger partial charge is 0.0936 e. The van der Waals surface area contributed by atoms with Crippen molar-refractivity contribution in [3.63, 3.8) is 0 Å². The lowest BCUT2D eigenvalue weighted by atomic mass is 10.3. The van der Waals surface area contributed by atoms with Crippen molar-refractivity contribution in [2.75, 3.05) is 46.5 Å². The molecule has 0 aromatic carbocycles. The second kappa shape index (κ2) is 5.48. The third kappa shape index (κ3) is 3.49. The molecule has 1 fully saturated rings. The lowest BCUT2D eigenvalue weighted by molar-refractivity contribution is -0.0955. The van der Waals surface area contributed by atoms with Crippen molar-refractivity contribution < 1.29 is 9.47 Å². The minimum atomic E-state index is 0.232. The van der Waals surface area contributed by atoms with Crippen molar-refractivity contribution in [2.24, 2.45) is 5.73 Å². The minimum Gasteiger partial charge on any atom is -0.376 e. The standard InChI is InChI=1S/C8H18N2O2/c1-10(3-2-9)6-8-7-11-4-5-12-8/h8H,2-7,9H2,1H3. The lowest BCUT2D eigenvalue weighted by Crippen LogP contribution is -2.39. The molecule has 2 N–H and O–H groups in total. The minimum absolute atomic E-state index is 0.232. The fourth-order valence-electron chi connectivity index (χ4n) is 1.30. The number of ether oxygens (including phenoxy) is 2. The summed E-state index contributed by atoms with van der Waals surface area (Å²) in [5, 5.41) is 0. The van der Waals surface area contributed by atoms with E-state index >= 15 is 0 Å². The highest BCUT2D eigenvalue weighted by atomic mass is 16.6. The summed E-state index contributed by atoms with van der Waals surface area (Å²) >= 11 is 0. The number of nitrogens with zero attached hydrogens (tertiary/aromatic N) is 1. The summed E-state index contributed by atoms with van der Waals surface area (Å²) in [6.07, 6.45) is 0.232. The number of hydrogen-bond donors (Lipinski definition) is 1. The van der Waals surface area contributed by atoms with Crippen LogP contribution in [0.1, 0.15) is 0 Å². The number of nitrogens with two attached hydrogens (primary N) is 1. The van der Waals surface area contributed by atoms with Crippen molar-refractivity contribution in [1.82, 2.24) is 4.90 Å². The largest absolute Gasteiger partial charge is 0.376 e. The van der Waals surface area contributed by atoms with Gasteiger partial charge in [0.1, 0.15) is 0 Å². The van der Waals surface area contributed by atoms with E-state index in [1.54, 1.807) is 0 Å². The number of hydrogen-bond acceptors (Lipinski definition) is 4. The van der Waals surface area contributed by atoms with Crippen molar-refractivity contribution in [3.8, 4) is 0 Å².